The number of aromatic carboxylic acids is 1. The van der Waals surface area contributed by atoms with Gasteiger partial charge in [0.2, 0.25) is 0 Å². The van der Waals surface area contributed by atoms with Crippen LogP contribution >= 0.6 is 22.9 Å². The summed E-state index contributed by atoms with van der Waals surface area (Å²) in [6.07, 6.45) is 0. The van der Waals surface area contributed by atoms with E-state index in [9.17, 15) is 4.79 Å². The van der Waals surface area contributed by atoms with Crippen molar-refractivity contribution in [1.82, 2.24) is 4.98 Å². The number of nitrogens with one attached hydrogen (secondary N) is 1. The number of hydrogen-bond acceptors (Lipinski definition) is 4. The maximum Gasteiger partial charge on any atom is 0.356 e. The van der Waals surface area contributed by atoms with Crippen molar-refractivity contribution in [1.29, 1.82) is 0 Å². The molecule has 1 unspecified atom stereocenters. The first-order valence-corrected chi connectivity index (χ1v) is 6.89. The molecule has 0 fully saturated rings. The minimum absolute atomic E-state index is 0.0639. The minimum atomic E-state index is -1.13. The van der Waals surface area contributed by atoms with Gasteiger partial charge in [0.05, 0.1) is 11.1 Å². The number of carbonyl (C=O) groups is 1. The van der Waals surface area contributed by atoms with Crippen LogP contribution in [0.2, 0.25) is 5.02 Å². The second-order valence-corrected chi connectivity index (χ2v) is 5.87. The fraction of sp³-hybridized carbons (Fsp3) is 0.231. The van der Waals surface area contributed by atoms with Crippen LogP contribution in [0.1, 0.15) is 33.2 Å². The molecule has 2 aromatic rings. The molecule has 0 aliphatic carbocycles. The zero-order chi connectivity index (χ0) is 14.0. The summed E-state index contributed by atoms with van der Waals surface area (Å²) in [6, 6.07) is 7.37. The number of nitrogens with zero attached hydrogens (tertiary/aromatic N) is 1. The topological polar surface area (TPSA) is 62.2 Å². The summed E-state index contributed by atoms with van der Waals surface area (Å²) in [5.74, 6) is -0.631. The molecule has 0 aliphatic heterocycles. The van der Waals surface area contributed by atoms with Crippen LogP contribution in [0.15, 0.2) is 24.3 Å². The normalized spacial score (nSPS) is 12.2. The van der Waals surface area contributed by atoms with E-state index in [0.717, 1.165) is 0 Å². The standard InChI is InChI=1S/C13H13ClN2O2S/c1-7-3-5-10(19-7)8(2)15-11-6-4-9(14)12(16-11)13(17)18/h3-6,8H,1-2H3,(H,15,16)(H,17,18). The van der Waals surface area contributed by atoms with E-state index in [-0.39, 0.29) is 16.8 Å². The lowest BCUT2D eigenvalue weighted by molar-refractivity contribution is 0.0691. The van der Waals surface area contributed by atoms with Crippen LogP contribution in [0.25, 0.3) is 0 Å². The molecule has 0 aromatic carbocycles. The first-order valence-electron chi connectivity index (χ1n) is 5.70. The molecule has 0 saturated heterocycles. The summed E-state index contributed by atoms with van der Waals surface area (Å²) in [5.41, 5.74) is -0.138. The lowest BCUT2D eigenvalue weighted by atomic mass is 10.2. The van der Waals surface area contributed by atoms with E-state index in [4.69, 9.17) is 16.7 Å². The van der Waals surface area contributed by atoms with E-state index in [1.54, 1.807) is 17.4 Å². The zero-order valence-electron chi connectivity index (χ0n) is 10.5. The Balaban J connectivity index is 2.19. The molecule has 2 rings (SSSR count). The van der Waals surface area contributed by atoms with Crippen LogP contribution in [-0.2, 0) is 0 Å². The highest BCUT2D eigenvalue weighted by molar-refractivity contribution is 7.12. The number of rotatable bonds is 4. The predicted octanol–water partition coefficient (Wildman–Crippen LogP) is 3.98. The molecule has 0 saturated carbocycles. The highest BCUT2D eigenvalue weighted by atomic mass is 35.5. The van der Waals surface area contributed by atoms with E-state index in [0.29, 0.717) is 5.82 Å². The summed E-state index contributed by atoms with van der Waals surface area (Å²) in [4.78, 5) is 17.4. The molecule has 2 N–H and O–H groups in total. The average molecular weight is 297 g/mol. The lowest BCUT2D eigenvalue weighted by Crippen LogP contribution is -2.09. The first kappa shape index (κ1) is 13.8. The SMILES string of the molecule is Cc1ccc(C(C)Nc2ccc(Cl)c(C(=O)O)n2)s1. The van der Waals surface area contributed by atoms with Gasteiger partial charge in [0, 0.05) is 9.75 Å². The van der Waals surface area contributed by atoms with E-state index >= 15 is 0 Å². The fourth-order valence-electron chi connectivity index (χ4n) is 1.65. The van der Waals surface area contributed by atoms with E-state index in [2.05, 4.69) is 16.4 Å². The third-order valence-corrected chi connectivity index (χ3v) is 4.09. The molecule has 0 aliphatic rings. The number of aryl methyl sites for hydroxylation is 1. The fourth-order valence-corrected chi connectivity index (χ4v) is 2.72. The Morgan fingerprint density at radius 1 is 1.42 bits per heavy atom. The number of halogens is 1. The summed E-state index contributed by atoms with van der Waals surface area (Å²) in [6.45, 7) is 4.05. The molecule has 0 amide bonds. The monoisotopic (exact) mass is 296 g/mol. The van der Waals surface area contributed by atoms with Gasteiger partial charge in [-0.2, -0.15) is 0 Å². The highest BCUT2D eigenvalue weighted by Crippen LogP contribution is 2.26. The number of carboxylic acids is 1. The van der Waals surface area contributed by atoms with Crippen LogP contribution in [0.3, 0.4) is 0 Å². The summed E-state index contributed by atoms with van der Waals surface area (Å²) >= 11 is 7.48. The second kappa shape index (κ2) is 5.59. The van der Waals surface area contributed by atoms with Gasteiger partial charge in [0.15, 0.2) is 5.69 Å². The Bertz CT molecular complexity index is 612. The predicted molar refractivity (Wildman–Crippen MR) is 77.3 cm³/mol. The molecule has 6 heteroatoms. The van der Waals surface area contributed by atoms with Gasteiger partial charge in [0.1, 0.15) is 5.82 Å². The Labute approximate surface area is 120 Å². The second-order valence-electron chi connectivity index (χ2n) is 4.15. The Morgan fingerprint density at radius 2 is 2.16 bits per heavy atom. The molecule has 1 atom stereocenters. The van der Waals surface area contributed by atoms with E-state index in [1.807, 2.05) is 19.9 Å². The smallest absolute Gasteiger partial charge is 0.356 e. The maximum absolute atomic E-state index is 11.0. The number of anilines is 1. The number of thiophene rings is 1. The number of pyridine rings is 1. The van der Waals surface area contributed by atoms with Gasteiger partial charge >= 0.3 is 5.97 Å². The van der Waals surface area contributed by atoms with Crippen molar-refractivity contribution in [3.05, 3.63) is 44.7 Å². The van der Waals surface area contributed by atoms with Crippen molar-refractivity contribution in [3.63, 3.8) is 0 Å². The lowest BCUT2D eigenvalue weighted by Gasteiger charge is -2.13. The van der Waals surface area contributed by atoms with Crippen molar-refractivity contribution < 1.29 is 9.90 Å². The van der Waals surface area contributed by atoms with Gasteiger partial charge < -0.3 is 10.4 Å². The summed E-state index contributed by atoms with van der Waals surface area (Å²) < 4.78 is 0. The van der Waals surface area contributed by atoms with E-state index < -0.39 is 5.97 Å². The summed E-state index contributed by atoms with van der Waals surface area (Å²) in [5, 5.41) is 12.3. The molecule has 0 spiro atoms. The number of carboxylic acid groups (broad SMARTS) is 1. The minimum Gasteiger partial charge on any atom is -0.476 e. The molecule has 0 bridgehead atoms. The van der Waals surface area contributed by atoms with Crippen molar-refractivity contribution in [2.24, 2.45) is 0 Å². The van der Waals surface area contributed by atoms with Gasteiger partial charge in [-0.1, -0.05) is 11.6 Å². The quantitative estimate of drug-likeness (QED) is 0.896. The molecule has 100 valence electrons. The Morgan fingerprint density at radius 3 is 2.74 bits per heavy atom. The first-order chi connectivity index (χ1) is 8.97. The van der Waals surface area contributed by atoms with Gasteiger partial charge in [-0.05, 0) is 38.1 Å². The van der Waals surface area contributed by atoms with Gasteiger partial charge in [0.25, 0.3) is 0 Å². The van der Waals surface area contributed by atoms with Crippen molar-refractivity contribution in [2.45, 2.75) is 19.9 Å². The number of aromatic nitrogens is 1. The van der Waals surface area contributed by atoms with Crippen molar-refractivity contribution in [3.8, 4) is 0 Å². The third-order valence-electron chi connectivity index (χ3n) is 2.60. The molecule has 2 heterocycles. The molecule has 2 aromatic heterocycles. The molecule has 19 heavy (non-hydrogen) atoms. The molecule has 0 radical (unpaired) electrons. The molecule has 4 nitrogen and oxygen atoms in total. The third kappa shape index (κ3) is 3.24. The van der Waals surface area contributed by atoms with Crippen LogP contribution in [-0.4, -0.2) is 16.1 Å². The van der Waals surface area contributed by atoms with Crippen LogP contribution in [0, 0.1) is 6.92 Å². The average Bonchev–Trinajstić information content (AvgIpc) is 2.78. The zero-order valence-corrected chi connectivity index (χ0v) is 12.0. The van der Waals surface area contributed by atoms with Gasteiger partial charge in [-0.3, -0.25) is 0 Å². The van der Waals surface area contributed by atoms with E-state index in [1.165, 1.54) is 15.8 Å². The molecular weight excluding hydrogens is 284 g/mol. The Kier molecular flexibility index (Phi) is 4.07. The Hall–Kier alpha value is -1.59. The largest absolute Gasteiger partial charge is 0.476 e. The van der Waals surface area contributed by atoms with Gasteiger partial charge in [-0.15, -0.1) is 11.3 Å². The van der Waals surface area contributed by atoms with Crippen LogP contribution in [0.5, 0.6) is 0 Å². The maximum atomic E-state index is 11.0. The van der Waals surface area contributed by atoms with Crippen LogP contribution in [0.4, 0.5) is 5.82 Å². The summed E-state index contributed by atoms with van der Waals surface area (Å²) in [7, 11) is 0. The van der Waals surface area contributed by atoms with Crippen molar-refractivity contribution in [2.75, 3.05) is 5.32 Å². The van der Waals surface area contributed by atoms with Gasteiger partial charge in [-0.25, -0.2) is 9.78 Å². The molecular formula is C13H13ClN2O2S. The van der Waals surface area contributed by atoms with Crippen molar-refractivity contribution >= 4 is 34.7 Å². The number of hydrogen-bond donors (Lipinski definition) is 2. The highest BCUT2D eigenvalue weighted by Gasteiger charge is 2.13. The van der Waals surface area contributed by atoms with Crippen LogP contribution < -0.4 is 5.32 Å².